The third-order valence-corrected chi connectivity index (χ3v) is 4.28. The van der Waals surface area contributed by atoms with Gasteiger partial charge in [-0.25, -0.2) is 15.0 Å². The number of nitriles is 1. The zero-order valence-electron chi connectivity index (χ0n) is 13.4. The summed E-state index contributed by atoms with van der Waals surface area (Å²) >= 11 is 0. The largest absolute Gasteiger partial charge is 0.344 e. The number of hydrogen-bond acceptors (Lipinski definition) is 6. The van der Waals surface area contributed by atoms with Gasteiger partial charge in [-0.15, -0.1) is 0 Å². The normalized spacial score (nSPS) is 14.8. The van der Waals surface area contributed by atoms with E-state index >= 15 is 0 Å². The second-order valence-corrected chi connectivity index (χ2v) is 5.84. The van der Waals surface area contributed by atoms with Gasteiger partial charge in [-0.3, -0.25) is 4.79 Å². The van der Waals surface area contributed by atoms with Gasteiger partial charge in [0.2, 0.25) is 5.91 Å². The van der Waals surface area contributed by atoms with E-state index < -0.39 is 0 Å². The van der Waals surface area contributed by atoms with Gasteiger partial charge in [-0.2, -0.15) is 5.26 Å². The van der Waals surface area contributed by atoms with E-state index in [-0.39, 0.29) is 12.5 Å². The van der Waals surface area contributed by atoms with Gasteiger partial charge in [0.15, 0.2) is 11.5 Å². The van der Waals surface area contributed by atoms with Crippen LogP contribution in [-0.4, -0.2) is 50.4 Å². The first-order chi connectivity index (χ1) is 12.2. The minimum absolute atomic E-state index is 0.0434. The van der Waals surface area contributed by atoms with Gasteiger partial charge in [0.25, 0.3) is 0 Å². The number of carbonyl (C=O) groups excluding carboxylic acids is 1. The fraction of sp³-hybridized carbons (Fsp3) is 0.235. The maximum atomic E-state index is 12.5. The molecule has 3 aromatic rings. The van der Waals surface area contributed by atoms with Crippen molar-refractivity contribution in [1.29, 1.82) is 5.26 Å². The monoisotopic (exact) mass is 333 g/mol. The quantitative estimate of drug-likeness (QED) is 0.769. The van der Waals surface area contributed by atoms with Crippen molar-refractivity contribution in [2.75, 3.05) is 24.5 Å². The van der Waals surface area contributed by atoms with Crippen LogP contribution in [-0.2, 0) is 11.3 Å². The van der Waals surface area contributed by atoms with E-state index in [0.29, 0.717) is 36.7 Å². The minimum Gasteiger partial charge on any atom is -0.344 e. The highest BCUT2D eigenvalue weighted by molar-refractivity contribution is 5.88. The molecule has 1 aliphatic heterocycles. The number of hydrogen-bond donors (Lipinski definition) is 1. The van der Waals surface area contributed by atoms with Crippen LogP contribution in [0.4, 0.5) is 5.82 Å². The molecule has 124 valence electrons. The summed E-state index contributed by atoms with van der Waals surface area (Å²) in [7, 11) is 0. The Morgan fingerprint density at radius 2 is 2.00 bits per heavy atom. The number of nitrogens with zero attached hydrogens (tertiary/aromatic N) is 6. The minimum atomic E-state index is 0.0434. The Bertz CT molecular complexity index is 957. The zero-order valence-corrected chi connectivity index (χ0v) is 13.4. The summed E-state index contributed by atoms with van der Waals surface area (Å²) in [5.41, 5.74) is 2.97. The van der Waals surface area contributed by atoms with Gasteiger partial charge >= 0.3 is 0 Å². The smallest absolute Gasteiger partial charge is 0.242 e. The molecule has 1 aromatic carbocycles. The topological polar surface area (TPSA) is 102 Å². The number of anilines is 1. The summed E-state index contributed by atoms with van der Waals surface area (Å²) in [6.07, 6.45) is 3.04. The highest BCUT2D eigenvalue weighted by Gasteiger charge is 2.26. The van der Waals surface area contributed by atoms with E-state index in [1.807, 2.05) is 21.9 Å². The van der Waals surface area contributed by atoms with Gasteiger partial charge in [0.05, 0.1) is 24.5 Å². The van der Waals surface area contributed by atoms with E-state index in [2.05, 4.69) is 26.0 Å². The molecule has 1 fully saturated rings. The van der Waals surface area contributed by atoms with Crippen molar-refractivity contribution in [2.45, 2.75) is 6.54 Å². The Morgan fingerprint density at radius 1 is 1.16 bits per heavy atom. The molecule has 0 bridgehead atoms. The van der Waals surface area contributed by atoms with Crippen molar-refractivity contribution < 1.29 is 4.79 Å². The third kappa shape index (κ3) is 2.87. The summed E-state index contributed by atoms with van der Waals surface area (Å²) in [5, 5.41) is 8.85. The highest BCUT2D eigenvalue weighted by Crippen LogP contribution is 2.21. The van der Waals surface area contributed by atoms with Crippen LogP contribution in [0.1, 0.15) is 11.1 Å². The van der Waals surface area contributed by atoms with E-state index in [0.717, 1.165) is 11.1 Å². The number of amides is 1. The number of carbonyl (C=O) groups is 1. The summed E-state index contributed by atoms with van der Waals surface area (Å²) in [4.78, 5) is 31.9. The number of imidazole rings is 1. The number of H-pyrrole nitrogens is 1. The van der Waals surface area contributed by atoms with E-state index in [1.165, 1.54) is 6.33 Å². The number of benzene rings is 1. The average Bonchev–Trinajstić information content (AvgIpc) is 3.13. The first-order valence-electron chi connectivity index (χ1n) is 7.90. The fourth-order valence-electron chi connectivity index (χ4n) is 2.95. The number of nitrogens with one attached hydrogen (secondary N) is 1. The number of aromatic nitrogens is 4. The fourth-order valence-corrected chi connectivity index (χ4v) is 2.95. The van der Waals surface area contributed by atoms with Gasteiger partial charge in [0, 0.05) is 19.6 Å². The van der Waals surface area contributed by atoms with E-state index in [1.54, 1.807) is 18.5 Å². The molecule has 1 aliphatic rings. The molecule has 0 radical (unpaired) electrons. The molecule has 8 nitrogen and oxygen atoms in total. The van der Waals surface area contributed by atoms with Gasteiger partial charge in [-0.05, 0) is 17.7 Å². The Kier molecular flexibility index (Phi) is 3.74. The van der Waals surface area contributed by atoms with Crippen molar-refractivity contribution in [3.63, 3.8) is 0 Å². The van der Waals surface area contributed by atoms with Crippen LogP contribution in [0, 0.1) is 11.3 Å². The lowest BCUT2D eigenvalue weighted by molar-refractivity contribution is -0.131. The molecule has 25 heavy (non-hydrogen) atoms. The van der Waals surface area contributed by atoms with Crippen LogP contribution in [0.25, 0.3) is 11.2 Å². The summed E-state index contributed by atoms with van der Waals surface area (Å²) in [5.74, 6) is 0.746. The van der Waals surface area contributed by atoms with E-state index in [9.17, 15) is 4.79 Å². The molecular formula is C17H15N7O. The molecule has 8 heteroatoms. The van der Waals surface area contributed by atoms with Gasteiger partial charge < -0.3 is 14.8 Å². The standard InChI is InChI=1S/C17H15N7O/c18-7-12-1-3-13(4-2-12)8-23-5-6-24(9-14(23)25)17-15-16(20-10-19-15)21-11-22-17/h1-4,10-11H,5-6,8-9H2,(H,19,20,21,22). The Morgan fingerprint density at radius 3 is 2.76 bits per heavy atom. The Balaban J connectivity index is 1.48. The summed E-state index contributed by atoms with van der Waals surface area (Å²) < 4.78 is 0. The number of piperazine rings is 1. The molecule has 0 atom stereocenters. The predicted molar refractivity (Wildman–Crippen MR) is 90.5 cm³/mol. The molecule has 1 amide bonds. The lowest BCUT2D eigenvalue weighted by Gasteiger charge is -2.35. The van der Waals surface area contributed by atoms with E-state index in [4.69, 9.17) is 5.26 Å². The van der Waals surface area contributed by atoms with Gasteiger partial charge in [-0.1, -0.05) is 12.1 Å². The van der Waals surface area contributed by atoms with Crippen LogP contribution in [0.15, 0.2) is 36.9 Å². The van der Waals surface area contributed by atoms with Crippen LogP contribution < -0.4 is 4.90 Å². The number of rotatable bonds is 3. The predicted octanol–water partition coefficient (Wildman–Crippen LogP) is 1.07. The molecule has 4 rings (SSSR count). The van der Waals surface area contributed by atoms with Crippen LogP contribution in [0.3, 0.4) is 0 Å². The van der Waals surface area contributed by atoms with Crippen LogP contribution in [0.5, 0.6) is 0 Å². The zero-order chi connectivity index (χ0) is 17.2. The molecule has 0 saturated carbocycles. The van der Waals surface area contributed by atoms with Crippen LogP contribution >= 0.6 is 0 Å². The molecule has 1 N–H and O–H groups in total. The van der Waals surface area contributed by atoms with Crippen molar-refractivity contribution in [1.82, 2.24) is 24.8 Å². The first kappa shape index (κ1) is 15.1. The Hall–Kier alpha value is -3.47. The summed E-state index contributed by atoms with van der Waals surface area (Å²) in [6.45, 7) is 2.11. The molecular weight excluding hydrogens is 318 g/mol. The van der Waals surface area contributed by atoms with Crippen molar-refractivity contribution in [3.05, 3.63) is 48.0 Å². The highest BCUT2D eigenvalue weighted by atomic mass is 16.2. The number of aromatic amines is 1. The summed E-state index contributed by atoms with van der Waals surface area (Å²) in [6, 6.07) is 9.41. The molecule has 2 aromatic heterocycles. The Labute approximate surface area is 143 Å². The maximum absolute atomic E-state index is 12.5. The lowest BCUT2D eigenvalue weighted by atomic mass is 10.1. The molecule has 0 unspecified atom stereocenters. The second kappa shape index (κ2) is 6.20. The first-order valence-corrected chi connectivity index (χ1v) is 7.90. The third-order valence-electron chi connectivity index (χ3n) is 4.28. The lowest BCUT2D eigenvalue weighted by Crippen LogP contribution is -2.50. The molecule has 1 saturated heterocycles. The maximum Gasteiger partial charge on any atom is 0.242 e. The molecule has 3 heterocycles. The molecule has 0 aliphatic carbocycles. The van der Waals surface area contributed by atoms with Crippen LogP contribution in [0.2, 0.25) is 0 Å². The average molecular weight is 333 g/mol. The van der Waals surface area contributed by atoms with Crippen molar-refractivity contribution >= 4 is 22.9 Å². The number of fused-ring (bicyclic) bond motifs is 1. The second-order valence-electron chi connectivity index (χ2n) is 5.84. The van der Waals surface area contributed by atoms with Crippen molar-refractivity contribution in [2.24, 2.45) is 0 Å². The van der Waals surface area contributed by atoms with Gasteiger partial charge in [0.1, 0.15) is 11.8 Å². The SMILES string of the molecule is N#Cc1ccc(CN2CCN(c3ncnc4nc[nH]c34)CC2=O)cc1. The molecule has 0 spiro atoms. The van der Waals surface area contributed by atoms with Crippen molar-refractivity contribution in [3.8, 4) is 6.07 Å².